The number of carbonyl (C=O) groups excluding carboxylic acids is 1. The van der Waals surface area contributed by atoms with E-state index in [4.69, 9.17) is 20.7 Å². The lowest BCUT2D eigenvalue weighted by Gasteiger charge is -2.39. The average Bonchev–Trinajstić information content (AvgIpc) is 3.40. The molecule has 2 fully saturated rings. The largest absolute Gasteiger partial charge is 0.397 e. The molecule has 13 heteroatoms. The Balaban J connectivity index is 1.36. The van der Waals surface area contributed by atoms with E-state index < -0.39 is 6.10 Å². The molecule has 11 nitrogen and oxygen atoms in total. The molecule has 5 rings (SSSR count). The van der Waals surface area contributed by atoms with Gasteiger partial charge in [0.15, 0.2) is 11.0 Å². The fourth-order valence-electron chi connectivity index (χ4n) is 5.02. The molecule has 220 valence electrons. The van der Waals surface area contributed by atoms with Gasteiger partial charge in [0.2, 0.25) is 5.91 Å². The van der Waals surface area contributed by atoms with Crippen LogP contribution in [0.2, 0.25) is 0 Å². The van der Waals surface area contributed by atoms with E-state index >= 15 is 0 Å². The van der Waals surface area contributed by atoms with Crippen LogP contribution < -0.4 is 15.5 Å². The van der Waals surface area contributed by atoms with Crippen LogP contribution in [0.15, 0.2) is 41.4 Å². The van der Waals surface area contributed by atoms with E-state index in [0.717, 1.165) is 5.82 Å². The third kappa shape index (κ3) is 6.20. The number of amides is 1. The van der Waals surface area contributed by atoms with E-state index in [9.17, 15) is 19.6 Å². The summed E-state index contributed by atoms with van der Waals surface area (Å²) in [4.78, 5) is 35.2. The van der Waals surface area contributed by atoms with Crippen LogP contribution in [0.3, 0.4) is 0 Å². The molecule has 2 aliphatic heterocycles. The number of piperazine rings is 1. The average molecular weight is 592 g/mol. The summed E-state index contributed by atoms with van der Waals surface area (Å²) in [6, 6.07) is 11.9. The van der Waals surface area contributed by atoms with Gasteiger partial charge in [-0.2, -0.15) is 5.26 Å². The zero-order chi connectivity index (χ0) is 29.8. The Labute approximate surface area is 248 Å². The van der Waals surface area contributed by atoms with E-state index in [-0.39, 0.29) is 11.7 Å². The number of nitrogens with zero attached hydrogens (tertiary/aromatic N) is 8. The highest BCUT2D eigenvalue weighted by atomic mass is 32.1. The topological polar surface area (TPSA) is 138 Å². The zero-order valence-electron chi connectivity index (χ0n) is 23.7. The molecule has 1 amide bonds. The summed E-state index contributed by atoms with van der Waals surface area (Å²) in [6.07, 6.45) is -0.401. The Kier molecular flexibility index (Phi) is 8.96. The fourth-order valence-corrected chi connectivity index (χ4v) is 5.97. The maximum Gasteiger partial charge on any atom is 0.236 e. The van der Waals surface area contributed by atoms with Gasteiger partial charge in [-0.25, -0.2) is 14.4 Å². The highest BCUT2D eigenvalue weighted by Gasteiger charge is 2.31. The lowest BCUT2D eigenvalue weighted by atomic mass is 10.1. The molecule has 4 heterocycles. The van der Waals surface area contributed by atoms with Crippen LogP contribution in [0.1, 0.15) is 24.4 Å². The van der Waals surface area contributed by atoms with Crippen molar-refractivity contribution in [3.63, 3.8) is 0 Å². The number of aromatic nitrogens is 2. The first-order valence-electron chi connectivity index (χ1n) is 14.0. The Morgan fingerprint density at radius 2 is 1.88 bits per heavy atom. The number of β-amino-alcohol motifs (C(OH)–C–C–N with tert-alkyl or cyclic N) is 1. The van der Waals surface area contributed by atoms with Crippen molar-refractivity contribution in [3.05, 3.63) is 52.8 Å². The SMILES string of the molecule is CCN=C(c1nc(N2CCN(CC(=O)N3CC(O)C3)CC2)ccc1N)N(CC)c1nc(-c2ccc(F)cc2)c(C#N)s1. The summed E-state index contributed by atoms with van der Waals surface area (Å²) >= 11 is 1.24. The number of aliphatic imine (C=N–C) groups is 1. The Bertz CT molecular complexity index is 1490. The second kappa shape index (κ2) is 12.8. The summed E-state index contributed by atoms with van der Waals surface area (Å²) in [7, 11) is 0. The molecule has 3 N–H and O–H groups in total. The van der Waals surface area contributed by atoms with Gasteiger partial charge in [0.1, 0.15) is 34.0 Å². The second-order valence-corrected chi connectivity index (χ2v) is 11.1. The second-order valence-electron chi connectivity index (χ2n) is 10.2. The number of hydrogen-bond donors (Lipinski definition) is 2. The molecule has 2 aromatic heterocycles. The zero-order valence-corrected chi connectivity index (χ0v) is 24.5. The molecule has 0 unspecified atom stereocenters. The first-order chi connectivity index (χ1) is 20.3. The van der Waals surface area contributed by atoms with E-state index in [2.05, 4.69) is 15.9 Å². The van der Waals surface area contributed by atoms with Crippen LogP contribution in [0.25, 0.3) is 11.3 Å². The molecule has 0 aliphatic carbocycles. The van der Waals surface area contributed by atoms with E-state index in [1.807, 2.05) is 30.9 Å². The minimum absolute atomic E-state index is 0.0473. The van der Waals surface area contributed by atoms with Crippen LogP contribution >= 0.6 is 11.3 Å². The number of aliphatic hydroxyl groups is 1. The number of carbonyl (C=O) groups is 1. The van der Waals surface area contributed by atoms with Gasteiger partial charge in [-0.3, -0.25) is 14.7 Å². The van der Waals surface area contributed by atoms with Crippen LogP contribution in [0.4, 0.5) is 21.0 Å². The summed E-state index contributed by atoms with van der Waals surface area (Å²) in [6.45, 7) is 8.89. The Morgan fingerprint density at radius 3 is 2.50 bits per heavy atom. The summed E-state index contributed by atoms with van der Waals surface area (Å²) < 4.78 is 13.5. The molecule has 3 aromatic rings. The first-order valence-corrected chi connectivity index (χ1v) is 14.8. The third-order valence-corrected chi connectivity index (χ3v) is 8.32. The number of nitrogens with two attached hydrogens (primary N) is 1. The van der Waals surface area contributed by atoms with Gasteiger partial charge < -0.3 is 25.5 Å². The molecule has 2 saturated heterocycles. The molecule has 0 spiro atoms. The number of halogens is 1. The molecule has 42 heavy (non-hydrogen) atoms. The monoisotopic (exact) mass is 591 g/mol. The summed E-state index contributed by atoms with van der Waals surface area (Å²) in [5, 5.41) is 19.9. The van der Waals surface area contributed by atoms with Crippen LogP contribution in [-0.4, -0.2) is 102 Å². The minimum atomic E-state index is -0.401. The molecular weight excluding hydrogens is 557 g/mol. The van der Waals surface area contributed by atoms with Crippen LogP contribution in [-0.2, 0) is 4.79 Å². The number of nitriles is 1. The van der Waals surface area contributed by atoms with Crippen molar-refractivity contribution in [1.82, 2.24) is 19.8 Å². The predicted molar refractivity (Wildman–Crippen MR) is 162 cm³/mol. The predicted octanol–water partition coefficient (Wildman–Crippen LogP) is 2.42. The van der Waals surface area contributed by atoms with Crippen LogP contribution in [0, 0.1) is 17.1 Å². The standard InChI is InChI=1S/C29H34FN9O2S/c1-3-33-28(39(4-2)29-35-26(23(15-31)42-29)19-5-7-20(30)8-6-19)27-22(32)9-10-24(34-27)37-13-11-36(12-14-37)18-25(41)38-16-21(40)17-38/h5-10,21,40H,3-4,11-14,16-18,32H2,1-2H3. The quantitative estimate of drug-likeness (QED) is 0.299. The smallest absolute Gasteiger partial charge is 0.236 e. The molecule has 0 saturated carbocycles. The van der Waals surface area contributed by atoms with Gasteiger partial charge in [0.25, 0.3) is 0 Å². The number of benzene rings is 1. The van der Waals surface area contributed by atoms with Gasteiger partial charge in [-0.05, 0) is 50.2 Å². The number of nitrogen functional groups attached to an aromatic ring is 1. The highest BCUT2D eigenvalue weighted by molar-refractivity contribution is 7.16. The maximum atomic E-state index is 13.5. The summed E-state index contributed by atoms with van der Waals surface area (Å²) in [5.74, 6) is 1.01. The number of amidine groups is 1. The molecule has 2 aliphatic rings. The van der Waals surface area contributed by atoms with E-state index in [0.29, 0.717) is 97.4 Å². The molecule has 0 bridgehead atoms. The van der Waals surface area contributed by atoms with Crippen molar-refractivity contribution < 1.29 is 14.3 Å². The lowest BCUT2D eigenvalue weighted by Crippen LogP contribution is -2.57. The number of rotatable bonds is 8. The third-order valence-electron chi connectivity index (χ3n) is 7.34. The van der Waals surface area contributed by atoms with Crippen molar-refractivity contribution in [2.45, 2.75) is 20.0 Å². The van der Waals surface area contributed by atoms with Crippen LogP contribution in [0.5, 0.6) is 0 Å². The first kappa shape index (κ1) is 29.4. The molecular formula is C29H34FN9O2S. The van der Waals surface area contributed by atoms with Crippen molar-refractivity contribution in [1.29, 1.82) is 5.26 Å². The van der Waals surface area contributed by atoms with Crippen molar-refractivity contribution >= 4 is 39.7 Å². The van der Waals surface area contributed by atoms with Crippen molar-refractivity contribution in [2.24, 2.45) is 4.99 Å². The number of hydrogen-bond acceptors (Lipinski definition) is 10. The maximum absolute atomic E-state index is 13.5. The van der Waals surface area contributed by atoms with Crippen molar-refractivity contribution in [3.8, 4) is 17.3 Å². The van der Waals surface area contributed by atoms with E-state index in [1.54, 1.807) is 17.0 Å². The number of likely N-dealkylation sites (tertiary alicyclic amines) is 1. The van der Waals surface area contributed by atoms with Gasteiger partial charge in [0, 0.05) is 57.9 Å². The van der Waals surface area contributed by atoms with Crippen molar-refractivity contribution in [2.75, 3.05) is 74.4 Å². The highest BCUT2D eigenvalue weighted by Crippen LogP contribution is 2.34. The number of anilines is 3. The number of aliphatic hydroxyl groups excluding tert-OH is 1. The lowest BCUT2D eigenvalue weighted by molar-refractivity contribution is -0.142. The molecule has 0 atom stereocenters. The van der Waals surface area contributed by atoms with Gasteiger partial charge in [0.05, 0.1) is 18.3 Å². The molecule has 1 aromatic carbocycles. The van der Waals surface area contributed by atoms with Gasteiger partial charge in [-0.15, -0.1) is 0 Å². The summed E-state index contributed by atoms with van der Waals surface area (Å²) in [5.41, 5.74) is 8.61. The minimum Gasteiger partial charge on any atom is -0.397 e. The van der Waals surface area contributed by atoms with E-state index in [1.165, 1.54) is 23.5 Å². The Morgan fingerprint density at radius 1 is 1.17 bits per heavy atom. The number of pyridine rings is 1. The molecule has 0 radical (unpaired) electrons. The fraction of sp³-hybridized carbons (Fsp3) is 0.414. The normalized spacial score (nSPS) is 16.3. The number of thiazole rings is 1. The Hall–Kier alpha value is -4.12. The van der Waals surface area contributed by atoms with Gasteiger partial charge in [-0.1, -0.05) is 11.3 Å². The van der Waals surface area contributed by atoms with Gasteiger partial charge >= 0.3 is 0 Å².